The number of carbonyl (C=O) groups excluding carboxylic acids is 1. The molecule has 1 N–H and O–H groups in total. The lowest BCUT2D eigenvalue weighted by Gasteiger charge is -2.24. The molecule has 0 unspecified atom stereocenters. The van der Waals surface area contributed by atoms with Crippen LogP contribution in [-0.4, -0.2) is 38.0 Å². The van der Waals surface area contributed by atoms with E-state index in [4.69, 9.17) is 0 Å². The lowest BCUT2D eigenvalue weighted by molar-refractivity contribution is -0.129. The van der Waals surface area contributed by atoms with Crippen molar-refractivity contribution in [2.45, 2.75) is 41.0 Å². The quantitative estimate of drug-likeness (QED) is 0.763. The number of hydrogen-bond acceptors (Lipinski definition) is 2. The Morgan fingerprint density at radius 1 is 1.27 bits per heavy atom. The molecule has 0 rings (SSSR count). The third-order valence-electron chi connectivity index (χ3n) is 2.14. The predicted octanol–water partition coefficient (Wildman–Crippen LogP) is 2.13. The zero-order chi connectivity index (χ0) is 12.5. The van der Waals surface area contributed by atoms with Gasteiger partial charge in [0.15, 0.2) is 0 Å². The summed E-state index contributed by atoms with van der Waals surface area (Å²) in [5.41, 5.74) is -0.250. The molecule has 0 radical (unpaired) electrons. The van der Waals surface area contributed by atoms with Gasteiger partial charge in [0.1, 0.15) is 0 Å². The van der Waals surface area contributed by atoms with Gasteiger partial charge in [0.05, 0.1) is 0 Å². The Balaban J connectivity index is 0. The number of nitrogens with zero attached hydrogens (tertiary/aromatic N) is 1. The second kappa shape index (κ2) is 8.72. The molecule has 0 heterocycles. The summed E-state index contributed by atoms with van der Waals surface area (Å²) < 4.78 is 0. The van der Waals surface area contributed by atoms with Gasteiger partial charge < -0.3 is 10.2 Å². The molecule has 0 aliphatic carbocycles. The summed E-state index contributed by atoms with van der Waals surface area (Å²) >= 11 is 0. The number of nitrogens with one attached hydrogen (secondary N) is 1. The van der Waals surface area contributed by atoms with Gasteiger partial charge in [-0.25, -0.2) is 0 Å². The predicted molar refractivity (Wildman–Crippen MR) is 67.0 cm³/mol. The van der Waals surface area contributed by atoms with E-state index in [1.807, 2.05) is 48.7 Å². The van der Waals surface area contributed by atoms with E-state index in [0.29, 0.717) is 6.54 Å². The molecule has 3 nitrogen and oxygen atoms in total. The molecule has 0 atom stereocenters. The Hall–Kier alpha value is -0.570. The highest BCUT2D eigenvalue weighted by Crippen LogP contribution is 2.20. The molecule has 92 valence electrons. The minimum Gasteiger partial charge on any atom is -0.356 e. The van der Waals surface area contributed by atoms with E-state index in [9.17, 15) is 4.79 Å². The Morgan fingerprint density at radius 2 is 1.73 bits per heavy atom. The van der Waals surface area contributed by atoms with Gasteiger partial charge in [0, 0.05) is 12.0 Å². The summed E-state index contributed by atoms with van der Waals surface area (Å²) in [5.74, 6) is 0.150. The van der Waals surface area contributed by atoms with Crippen molar-refractivity contribution in [3.8, 4) is 0 Å². The molecule has 0 aromatic heterocycles. The van der Waals surface area contributed by atoms with Gasteiger partial charge in [0.25, 0.3) is 0 Å². The van der Waals surface area contributed by atoms with Crippen LogP contribution in [0.15, 0.2) is 0 Å². The van der Waals surface area contributed by atoms with E-state index in [0.717, 1.165) is 13.0 Å². The Kier molecular flexibility index (Phi) is 9.79. The van der Waals surface area contributed by atoms with Gasteiger partial charge in [0.2, 0.25) is 5.91 Å². The second-order valence-electron chi connectivity index (χ2n) is 4.30. The van der Waals surface area contributed by atoms with E-state index < -0.39 is 0 Å². The van der Waals surface area contributed by atoms with E-state index in [1.165, 1.54) is 0 Å². The van der Waals surface area contributed by atoms with Crippen molar-refractivity contribution in [1.29, 1.82) is 0 Å². The lowest BCUT2D eigenvalue weighted by atomic mass is 9.88. The third-order valence-corrected chi connectivity index (χ3v) is 2.14. The standard InChI is InChI=1S/C10H22N2O.C2H6/c1-6-11-9(13)10(2,3)7-8-12(4)5;1-2/h6-8H2,1-5H3,(H,11,13);1-2H3. The summed E-state index contributed by atoms with van der Waals surface area (Å²) in [6, 6.07) is 0. The average molecular weight is 216 g/mol. The zero-order valence-electron chi connectivity index (χ0n) is 11.5. The number of hydrogen-bond donors (Lipinski definition) is 1. The summed E-state index contributed by atoms with van der Waals surface area (Å²) in [5, 5.41) is 2.85. The summed E-state index contributed by atoms with van der Waals surface area (Å²) in [6.45, 7) is 11.6. The fourth-order valence-electron chi connectivity index (χ4n) is 1.02. The van der Waals surface area contributed by atoms with E-state index in [1.54, 1.807) is 0 Å². The van der Waals surface area contributed by atoms with Crippen LogP contribution < -0.4 is 5.32 Å². The molecular weight excluding hydrogens is 188 g/mol. The van der Waals surface area contributed by atoms with E-state index in [-0.39, 0.29) is 11.3 Å². The highest BCUT2D eigenvalue weighted by Gasteiger charge is 2.26. The van der Waals surface area contributed by atoms with Crippen molar-refractivity contribution in [3.63, 3.8) is 0 Å². The number of rotatable bonds is 5. The monoisotopic (exact) mass is 216 g/mol. The second-order valence-corrected chi connectivity index (χ2v) is 4.30. The maximum absolute atomic E-state index is 11.5. The third kappa shape index (κ3) is 8.43. The van der Waals surface area contributed by atoms with E-state index >= 15 is 0 Å². The normalized spacial score (nSPS) is 10.7. The highest BCUT2D eigenvalue weighted by molar-refractivity contribution is 5.81. The zero-order valence-corrected chi connectivity index (χ0v) is 11.5. The number of carbonyl (C=O) groups is 1. The van der Waals surface area contributed by atoms with Crippen molar-refractivity contribution in [2.75, 3.05) is 27.2 Å². The van der Waals surface area contributed by atoms with Crippen LogP contribution in [0.2, 0.25) is 0 Å². The van der Waals surface area contributed by atoms with Gasteiger partial charge >= 0.3 is 0 Å². The van der Waals surface area contributed by atoms with Crippen molar-refractivity contribution in [2.24, 2.45) is 5.41 Å². The van der Waals surface area contributed by atoms with Crippen LogP contribution in [0.25, 0.3) is 0 Å². The lowest BCUT2D eigenvalue weighted by Crippen LogP contribution is -2.38. The van der Waals surface area contributed by atoms with Gasteiger partial charge in [-0.1, -0.05) is 27.7 Å². The molecule has 0 fully saturated rings. The Morgan fingerprint density at radius 3 is 2.07 bits per heavy atom. The van der Waals surface area contributed by atoms with Crippen molar-refractivity contribution < 1.29 is 4.79 Å². The molecular formula is C12H28N2O. The van der Waals surface area contributed by atoms with Gasteiger partial charge in [-0.05, 0) is 34.0 Å². The van der Waals surface area contributed by atoms with Crippen LogP contribution in [0, 0.1) is 5.41 Å². The van der Waals surface area contributed by atoms with Crippen molar-refractivity contribution in [1.82, 2.24) is 10.2 Å². The molecule has 0 aromatic carbocycles. The summed E-state index contributed by atoms with van der Waals surface area (Å²) in [6.07, 6.45) is 0.895. The van der Waals surface area contributed by atoms with Crippen LogP contribution in [0.5, 0.6) is 0 Å². The SMILES string of the molecule is CC.CCNC(=O)C(C)(C)CCN(C)C. The van der Waals surface area contributed by atoms with Crippen LogP contribution in [0.4, 0.5) is 0 Å². The molecule has 0 bridgehead atoms. The number of amides is 1. The fourth-order valence-corrected chi connectivity index (χ4v) is 1.02. The van der Waals surface area contributed by atoms with E-state index in [2.05, 4.69) is 10.2 Å². The minimum absolute atomic E-state index is 0.150. The molecule has 0 aliphatic rings. The van der Waals surface area contributed by atoms with Crippen molar-refractivity contribution in [3.05, 3.63) is 0 Å². The first kappa shape index (κ1) is 16.8. The summed E-state index contributed by atoms with van der Waals surface area (Å²) in [7, 11) is 4.04. The van der Waals surface area contributed by atoms with Gasteiger partial charge in [-0.3, -0.25) is 4.79 Å². The van der Waals surface area contributed by atoms with Crippen LogP contribution in [-0.2, 0) is 4.79 Å². The molecule has 0 spiro atoms. The maximum atomic E-state index is 11.5. The summed E-state index contributed by atoms with van der Waals surface area (Å²) in [4.78, 5) is 13.6. The topological polar surface area (TPSA) is 32.3 Å². The Bertz CT molecular complexity index is 165. The van der Waals surface area contributed by atoms with Gasteiger partial charge in [-0.2, -0.15) is 0 Å². The first-order valence-corrected chi connectivity index (χ1v) is 5.83. The maximum Gasteiger partial charge on any atom is 0.225 e. The first-order chi connectivity index (χ1) is 6.90. The smallest absolute Gasteiger partial charge is 0.225 e. The Labute approximate surface area is 95.2 Å². The molecule has 0 aromatic rings. The molecule has 15 heavy (non-hydrogen) atoms. The molecule has 0 saturated carbocycles. The average Bonchev–Trinajstić information content (AvgIpc) is 2.18. The highest BCUT2D eigenvalue weighted by atomic mass is 16.2. The first-order valence-electron chi connectivity index (χ1n) is 5.83. The van der Waals surface area contributed by atoms with Gasteiger partial charge in [-0.15, -0.1) is 0 Å². The fraction of sp³-hybridized carbons (Fsp3) is 0.917. The van der Waals surface area contributed by atoms with Crippen molar-refractivity contribution >= 4 is 5.91 Å². The van der Waals surface area contributed by atoms with Crippen LogP contribution in [0.3, 0.4) is 0 Å². The van der Waals surface area contributed by atoms with Crippen LogP contribution in [0.1, 0.15) is 41.0 Å². The molecule has 3 heteroatoms. The van der Waals surface area contributed by atoms with Crippen LogP contribution >= 0.6 is 0 Å². The molecule has 0 saturated heterocycles. The molecule has 1 amide bonds. The molecule has 0 aliphatic heterocycles. The minimum atomic E-state index is -0.250. The largest absolute Gasteiger partial charge is 0.356 e.